The van der Waals surface area contributed by atoms with Gasteiger partial charge >= 0.3 is 0 Å². The van der Waals surface area contributed by atoms with Crippen LogP contribution in [0.3, 0.4) is 0 Å². The Morgan fingerprint density at radius 1 is 1.30 bits per heavy atom. The average Bonchev–Trinajstić information content (AvgIpc) is 3.18. The first-order valence-corrected chi connectivity index (χ1v) is 10.4. The van der Waals surface area contributed by atoms with Gasteiger partial charge in [-0.2, -0.15) is 0 Å². The van der Waals surface area contributed by atoms with Gasteiger partial charge in [-0.05, 0) is 36.6 Å². The van der Waals surface area contributed by atoms with Gasteiger partial charge in [0.1, 0.15) is 5.75 Å². The van der Waals surface area contributed by atoms with Gasteiger partial charge in [0.15, 0.2) is 0 Å². The Kier molecular flexibility index (Phi) is 10.4. The van der Waals surface area contributed by atoms with Gasteiger partial charge < -0.3 is 34.5 Å². The van der Waals surface area contributed by atoms with Gasteiger partial charge in [-0.25, -0.2) is 4.98 Å². The highest BCUT2D eigenvalue weighted by Crippen LogP contribution is 2.22. The van der Waals surface area contributed by atoms with Gasteiger partial charge in [-0.1, -0.05) is 13.0 Å². The van der Waals surface area contributed by atoms with E-state index in [1.807, 2.05) is 10.8 Å². The summed E-state index contributed by atoms with van der Waals surface area (Å²) in [6, 6.07) is 4.57. The predicted molar refractivity (Wildman–Crippen MR) is 106 cm³/mol. The fourth-order valence-corrected chi connectivity index (χ4v) is 2.55. The summed E-state index contributed by atoms with van der Waals surface area (Å²) in [4.78, 5) is 15.7. The van der Waals surface area contributed by atoms with E-state index < -0.39 is 16.5 Å². The van der Waals surface area contributed by atoms with E-state index >= 15 is 0 Å². The third-order valence-electron chi connectivity index (χ3n) is 4.15. The first kappa shape index (κ1) is 25.5. The van der Waals surface area contributed by atoms with Crippen molar-refractivity contribution >= 4 is 16.3 Å². The maximum atomic E-state index is 11.7. The molecule has 1 heterocycles. The topological polar surface area (TPSA) is 180 Å². The summed E-state index contributed by atoms with van der Waals surface area (Å²) in [6.45, 7) is 4.24. The molecule has 2 unspecified atom stereocenters. The molecule has 0 saturated carbocycles. The highest BCUT2D eigenvalue weighted by molar-refractivity contribution is 7.79. The van der Waals surface area contributed by atoms with Gasteiger partial charge in [-0.3, -0.25) is 13.2 Å². The number of hydrogen-bond acceptors (Lipinski definition) is 9. The largest absolute Gasteiger partial charge is 0.759 e. The summed E-state index contributed by atoms with van der Waals surface area (Å²) in [5.74, 6) is -0.0279. The molecule has 1 amide bonds. The molecule has 4 N–H and O–H groups in total. The second-order valence-electron chi connectivity index (χ2n) is 6.63. The third-order valence-corrected chi connectivity index (χ3v) is 4.15. The second-order valence-corrected chi connectivity index (χ2v) is 7.45. The predicted octanol–water partition coefficient (Wildman–Crippen LogP) is -0.0403. The van der Waals surface area contributed by atoms with Crippen LogP contribution in [0.4, 0.5) is 0 Å². The zero-order valence-corrected chi connectivity index (χ0v) is 17.5. The number of aromatic hydroxyl groups is 1. The highest BCUT2D eigenvalue weighted by Gasteiger charge is 2.14. The monoisotopic (exact) mass is 442 g/mol. The quantitative estimate of drug-likeness (QED) is 0.306. The number of nitrogens with one attached hydrogen (secondary N) is 2. The SMILES string of the molecule is CNC(=O)c1cc(C(O)CNCC(C)CCn2ccnc2)ccc1O.O=S(=O)([O-])[O-]. The van der Waals surface area contributed by atoms with Crippen LogP contribution >= 0.6 is 0 Å². The van der Waals surface area contributed by atoms with Crippen LogP contribution in [0.25, 0.3) is 0 Å². The van der Waals surface area contributed by atoms with Gasteiger partial charge in [0, 0.05) is 42.9 Å². The van der Waals surface area contributed by atoms with Crippen molar-refractivity contribution in [1.29, 1.82) is 0 Å². The van der Waals surface area contributed by atoms with E-state index in [0.717, 1.165) is 19.5 Å². The molecular weight excluding hydrogens is 416 g/mol. The minimum absolute atomic E-state index is 0.101. The molecule has 12 heteroatoms. The number of hydrogen-bond donors (Lipinski definition) is 4. The molecule has 0 aliphatic rings. The third kappa shape index (κ3) is 10.3. The van der Waals surface area contributed by atoms with E-state index in [-0.39, 0.29) is 17.2 Å². The van der Waals surface area contributed by atoms with E-state index in [4.69, 9.17) is 17.5 Å². The van der Waals surface area contributed by atoms with Crippen LogP contribution in [-0.4, -0.2) is 63.3 Å². The lowest BCUT2D eigenvalue weighted by molar-refractivity contribution is 0.0960. The molecule has 0 bridgehead atoms. The highest BCUT2D eigenvalue weighted by atomic mass is 32.3. The average molecular weight is 442 g/mol. The number of phenols is 1. The number of aryl methyl sites for hydroxylation is 1. The summed E-state index contributed by atoms with van der Waals surface area (Å²) < 4.78 is 36.1. The normalized spacial score (nSPS) is 13.1. The first-order valence-electron chi connectivity index (χ1n) is 9.07. The minimum Gasteiger partial charge on any atom is -0.759 e. The molecule has 30 heavy (non-hydrogen) atoms. The number of amides is 1. The van der Waals surface area contributed by atoms with Crippen LogP contribution in [0, 0.1) is 5.92 Å². The smallest absolute Gasteiger partial charge is 0.254 e. The van der Waals surface area contributed by atoms with Gasteiger partial charge in [0.25, 0.3) is 5.91 Å². The zero-order valence-electron chi connectivity index (χ0n) is 16.7. The zero-order chi connectivity index (χ0) is 22.7. The van der Waals surface area contributed by atoms with E-state index in [1.165, 1.54) is 19.2 Å². The number of aliphatic hydroxyl groups excluding tert-OH is 1. The van der Waals surface area contributed by atoms with E-state index in [1.54, 1.807) is 18.6 Å². The molecule has 0 saturated heterocycles. The minimum atomic E-state index is -5.17. The molecule has 2 atom stereocenters. The van der Waals surface area contributed by atoms with Crippen molar-refractivity contribution in [3.63, 3.8) is 0 Å². The Bertz CT molecular complexity index is 880. The fourth-order valence-electron chi connectivity index (χ4n) is 2.55. The number of phenolic OH excluding ortho intramolecular Hbond substituents is 1. The Morgan fingerprint density at radius 2 is 1.97 bits per heavy atom. The Hall–Kier alpha value is -2.51. The molecule has 0 aliphatic carbocycles. The standard InChI is InChI=1S/C18H26N4O3.H2O4S/c1-13(5-7-22-8-6-20-12-22)10-21-11-17(24)14-3-4-16(23)15(9-14)18(25)19-2;1-5(2,3)4/h3-4,6,8-9,12-13,17,21,23-24H,5,7,10-11H2,1-2H3,(H,19,25);(H2,1,2,3,4)/p-2. The lowest BCUT2D eigenvalue weighted by atomic mass is 10.0. The van der Waals surface area contributed by atoms with Crippen molar-refractivity contribution < 1.29 is 32.5 Å². The van der Waals surface area contributed by atoms with Crippen LogP contribution in [0.5, 0.6) is 5.75 Å². The van der Waals surface area contributed by atoms with Crippen molar-refractivity contribution in [2.24, 2.45) is 5.92 Å². The molecular formula is C18H26N4O7S-2. The number of rotatable bonds is 9. The van der Waals surface area contributed by atoms with E-state index in [9.17, 15) is 15.0 Å². The van der Waals surface area contributed by atoms with Crippen LogP contribution in [0.2, 0.25) is 0 Å². The summed E-state index contributed by atoms with van der Waals surface area (Å²) in [5.41, 5.74) is 0.753. The summed E-state index contributed by atoms with van der Waals surface area (Å²) in [7, 11) is -3.67. The molecule has 168 valence electrons. The molecule has 2 rings (SSSR count). The number of carbonyl (C=O) groups is 1. The van der Waals surface area contributed by atoms with Crippen LogP contribution in [0.15, 0.2) is 36.9 Å². The summed E-state index contributed by atoms with van der Waals surface area (Å²) in [5, 5.41) is 25.8. The Balaban J connectivity index is 0.000000804. The molecule has 0 aliphatic heterocycles. The molecule has 2 aromatic rings. The van der Waals surface area contributed by atoms with Gasteiger partial charge in [0.2, 0.25) is 0 Å². The van der Waals surface area contributed by atoms with Crippen molar-refractivity contribution in [2.45, 2.75) is 26.0 Å². The van der Waals surface area contributed by atoms with Crippen molar-refractivity contribution in [1.82, 2.24) is 20.2 Å². The van der Waals surface area contributed by atoms with Crippen molar-refractivity contribution in [3.05, 3.63) is 48.0 Å². The van der Waals surface area contributed by atoms with Crippen LogP contribution < -0.4 is 10.6 Å². The van der Waals surface area contributed by atoms with Crippen LogP contribution in [-0.2, 0) is 16.9 Å². The number of benzene rings is 1. The number of carbonyl (C=O) groups excluding carboxylic acids is 1. The maximum absolute atomic E-state index is 11.7. The number of aromatic nitrogens is 2. The Morgan fingerprint density at radius 3 is 2.53 bits per heavy atom. The molecule has 1 aromatic heterocycles. The number of nitrogens with zero attached hydrogens (tertiary/aromatic N) is 2. The Labute approximate surface area is 175 Å². The second kappa shape index (κ2) is 12.2. The lowest BCUT2D eigenvalue weighted by Gasteiger charge is -2.17. The molecule has 0 radical (unpaired) electrons. The summed E-state index contributed by atoms with van der Waals surface area (Å²) in [6.07, 6.45) is 5.78. The number of aliphatic hydroxyl groups is 1. The molecule has 1 aromatic carbocycles. The van der Waals surface area contributed by atoms with Gasteiger partial charge in [-0.15, -0.1) is 0 Å². The molecule has 0 spiro atoms. The van der Waals surface area contributed by atoms with Gasteiger partial charge in [0.05, 0.1) is 18.0 Å². The molecule has 0 fully saturated rings. The lowest BCUT2D eigenvalue weighted by Crippen LogP contribution is -2.27. The van der Waals surface area contributed by atoms with E-state index in [2.05, 4.69) is 22.5 Å². The molecule has 11 nitrogen and oxygen atoms in total. The van der Waals surface area contributed by atoms with Crippen LogP contribution in [0.1, 0.15) is 35.4 Å². The van der Waals surface area contributed by atoms with E-state index in [0.29, 0.717) is 18.0 Å². The first-order chi connectivity index (χ1) is 14.0. The maximum Gasteiger partial charge on any atom is 0.254 e. The van der Waals surface area contributed by atoms with Crippen molar-refractivity contribution in [2.75, 3.05) is 20.1 Å². The van der Waals surface area contributed by atoms with Crippen molar-refractivity contribution in [3.8, 4) is 5.75 Å². The number of imidazole rings is 1. The summed E-state index contributed by atoms with van der Waals surface area (Å²) >= 11 is 0. The fraction of sp³-hybridized carbons (Fsp3) is 0.444.